The van der Waals surface area contributed by atoms with Gasteiger partial charge < -0.3 is 9.80 Å². The number of piperidine rings is 1. The van der Waals surface area contributed by atoms with Gasteiger partial charge in [-0.3, -0.25) is 9.59 Å². The first-order valence-corrected chi connectivity index (χ1v) is 7.83. The zero-order valence-electron chi connectivity index (χ0n) is 12.1. The summed E-state index contributed by atoms with van der Waals surface area (Å²) in [7, 11) is 0. The van der Waals surface area contributed by atoms with Crippen molar-refractivity contribution in [3.8, 4) is 0 Å². The Kier molecular flexibility index (Phi) is 3.57. The van der Waals surface area contributed by atoms with Gasteiger partial charge in [0.1, 0.15) is 0 Å². The molecule has 0 unspecified atom stereocenters. The highest BCUT2D eigenvalue weighted by Crippen LogP contribution is 2.41. The molecule has 3 fully saturated rings. The number of nitrogens with zero attached hydrogens (tertiary/aromatic N) is 2. The number of carbonyl (C=O) groups is 2. The first-order valence-electron chi connectivity index (χ1n) is 7.83. The highest BCUT2D eigenvalue weighted by Gasteiger charge is 2.49. The second-order valence-corrected chi connectivity index (χ2v) is 6.64. The number of carbonyl (C=O) groups excluding carboxylic acids is 2. The van der Waals surface area contributed by atoms with Crippen molar-refractivity contribution < 1.29 is 9.59 Å². The molecule has 3 aliphatic rings. The first kappa shape index (κ1) is 13.7. The summed E-state index contributed by atoms with van der Waals surface area (Å²) >= 11 is 0. The molecule has 1 spiro atoms. The highest BCUT2D eigenvalue weighted by atomic mass is 16.2. The molecule has 1 saturated carbocycles. The van der Waals surface area contributed by atoms with Crippen LogP contribution in [0, 0.1) is 11.3 Å². The van der Waals surface area contributed by atoms with Gasteiger partial charge in [0.25, 0.3) is 0 Å². The van der Waals surface area contributed by atoms with E-state index in [1.165, 1.54) is 12.8 Å². The van der Waals surface area contributed by atoms with Crippen LogP contribution in [0.4, 0.5) is 0 Å². The maximum Gasteiger partial charge on any atom is 0.230 e. The van der Waals surface area contributed by atoms with Crippen molar-refractivity contribution in [2.45, 2.75) is 38.5 Å². The van der Waals surface area contributed by atoms with Crippen LogP contribution in [0.5, 0.6) is 0 Å². The normalized spacial score (nSPS) is 30.1. The van der Waals surface area contributed by atoms with Gasteiger partial charge in [0.15, 0.2) is 0 Å². The first-order chi connectivity index (χ1) is 9.64. The summed E-state index contributed by atoms with van der Waals surface area (Å²) in [6, 6.07) is 0. The van der Waals surface area contributed by atoms with E-state index in [9.17, 15) is 9.59 Å². The summed E-state index contributed by atoms with van der Waals surface area (Å²) in [4.78, 5) is 28.7. The van der Waals surface area contributed by atoms with Crippen molar-refractivity contribution >= 4 is 11.8 Å². The zero-order chi connectivity index (χ0) is 14.2. The summed E-state index contributed by atoms with van der Waals surface area (Å²) in [5.74, 6) is 1.17. The van der Waals surface area contributed by atoms with E-state index in [4.69, 9.17) is 0 Å². The molecule has 3 rings (SSSR count). The monoisotopic (exact) mass is 276 g/mol. The third-order valence-corrected chi connectivity index (χ3v) is 5.03. The molecule has 1 atom stereocenters. The van der Waals surface area contributed by atoms with Crippen LogP contribution < -0.4 is 0 Å². The van der Waals surface area contributed by atoms with Crippen LogP contribution in [-0.2, 0) is 9.59 Å². The lowest BCUT2D eigenvalue weighted by molar-refractivity contribution is -0.146. The molecule has 20 heavy (non-hydrogen) atoms. The minimum Gasteiger partial charge on any atom is -0.342 e. The van der Waals surface area contributed by atoms with E-state index >= 15 is 0 Å². The summed E-state index contributed by atoms with van der Waals surface area (Å²) in [6.07, 6.45) is 7.47. The van der Waals surface area contributed by atoms with E-state index in [0.717, 1.165) is 44.8 Å². The maximum atomic E-state index is 12.8. The maximum absolute atomic E-state index is 12.8. The van der Waals surface area contributed by atoms with Gasteiger partial charge in [0, 0.05) is 32.6 Å². The van der Waals surface area contributed by atoms with Gasteiger partial charge in [-0.2, -0.15) is 0 Å². The van der Waals surface area contributed by atoms with Crippen LogP contribution in [0.2, 0.25) is 0 Å². The Balaban J connectivity index is 1.66. The third kappa shape index (κ3) is 2.48. The molecule has 2 heterocycles. The topological polar surface area (TPSA) is 40.6 Å². The minimum atomic E-state index is -0.274. The van der Waals surface area contributed by atoms with Crippen LogP contribution in [-0.4, -0.2) is 47.8 Å². The van der Waals surface area contributed by atoms with Crippen molar-refractivity contribution in [3.05, 3.63) is 12.7 Å². The van der Waals surface area contributed by atoms with Crippen molar-refractivity contribution in [2.75, 3.05) is 26.2 Å². The number of hydrogen-bond acceptors (Lipinski definition) is 2. The fourth-order valence-corrected chi connectivity index (χ4v) is 3.65. The van der Waals surface area contributed by atoms with Crippen LogP contribution in [0.15, 0.2) is 12.7 Å². The quantitative estimate of drug-likeness (QED) is 0.735. The summed E-state index contributed by atoms with van der Waals surface area (Å²) < 4.78 is 0. The second kappa shape index (κ2) is 5.23. The van der Waals surface area contributed by atoms with Crippen LogP contribution >= 0.6 is 0 Å². The molecular formula is C16H24N2O2. The second-order valence-electron chi connectivity index (χ2n) is 6.64. The van der Waals surface area contributed by atoms with E-state index in [1.54, 1.807) is 6.08 Å². The third-order valence-electron chi connectivity index (χ3n) is 5.03. The Labute approximate surface area is 120 Å². The Morgan fingerprint density at radius 1 is 1.35 bits per heavy atom. The van der Waals surface area contributed by atoms with Gasteiger partial charge in [0.2, 0.25) is 11.8 Å². The highest BCUT2D eigenvalue weighted by molar-refractivity contribution is 5.86. The number of rotatable bonds is 4. The molecule has 0 bridgehead atoms. The molecule has 0 aromatic carbocycles. The largest absolute Gasteiger partial charge is 0.342 e. The number of amides is 2. The molecule has 2 saturated heterocycles. The van der Waals surface area contributed by atoms with Gasteiger partial charge in [-0.05, 0) is 38.0 Å². The molecule has 110 valence electrons. The Morgan fingerprint density at radius 2 is 2.15 bits per heavy atom. The molecule has 0 aromatic rings. The van der Waals surface area contributed by atoms with E-state index in [-0.39, 0.29) is 11.3 Å². The van der Waals surface area contributed by atoms with Gasteiger partial charge in [-0.25, -0.2) is 0 Å². The van der Waals surface area contributed by atoms with Gasteiger partial charge in [-0.15, -0.1) is 6.58 Å². The van der Waals surface area contributed by atoms with Crippen LogP contribution in [0.3, 0.4) is 0 Å². The lowest BCUT2D eigenvalue weighted by atomic mass is 9.78. The fraction of sp³-hybridized carbons (Fsp3) is 0.750. The van der Waals surface area contributed by atoms with Gasteiger partial charge in [-0.1, -0.05) is 6.08 Å². The average Bonchev–Trinajstić information content (AvgIpc) is 3.14. The Hall–Kier alpha value is -1.32. The van der Waals surface area contributed by atoms with E-state index in [2.05, 4.69) is 11.5 Å². The molecule has 2 amide bonds. The van der Waals surface area contributed by atoms with Gasteiger partial charge >= 0.3 is 0 Å². The summed E-state index contributed by atoms with van der Waals surface area (Å²) in [5.41, 5.74) is -0.274. The lowest BCUT2D eigenvalue weighted by Gasteiger charge is -2.39. The van der Waals surface area contributed by atoms with Crippen molar-refractivity contribution in [1.82, 2.24) is 9.80 Å². The fourth-order valence-electron chi connectivity index (χ4n) is 3.65. The summed E-state index contributed by atoms with van der Waals surface area (Å²) in [5, 5.41) is 0. The van der Waals surface area contributed by atoms with Crippen molar-refractivity contribution in [3.63, 3.8) is 0 Å². The smallest absolute Gasteiger partial charge is 0.230 e. The predicted octanol–water partition coefficient (Wildman–Crippen LogP) is 1.81. The molecule has 2 aliphatic heterocycles. The zero-order valence-corrected chi connectivity index (χ0v) is 12.1. The SMILES string of the molecule is C=CCC(=O)N1CC[C@@]2(CCCN(CC3CC3)C2=O)C1. The molecule has 0 N–H and O–H groups in total. The molecule has 4 heteroatoms. The van der Waals surface area contributed by atoms with Crippen LogP contribution in [0.1, 0.15) is 38.5 Å². The average molecular weight is 276 g/mol. The van der Waals surface area contributed by atoms with Gasteiger partial charge in [0.05, 0.1) is 5.41 Å². The Morgan fingerprint density at radius 3 is 2.85 bits per heavy atom. The molecule has 4 nitrogen and oxygen atoms in total. The minimum absolute atomic E-state index is 0.115. The molecular weight excluding hydrogens is 252 g/mol. The standard InChI is InChI=1S/C16H24N2O2/c1-2-4-14(19)18-10-8-16(12-18)7-3-9-17(15(16)20)11-13-5-6-13/h2,13H,1,3-12H2/t16-/m0/s1. The van der Waals surface area contributed by atoms with E-state index in [1.807, 2.05) is 4.90 Å². The van der Waals surface area contributed by atoms with Crippen molar-refractivity contribution in [2.24, 2.45) is 11.3 Å². The molecule has 0 radical (unpaired) electrons. The molecule has 1 aliphatic carbocycles. The lowest BCUT2D eigenvalue weighted by Crippen LogP contribution is -2.50. The Bertz CT molecular complexity index is 430. The van der Waals surface area contributed by atoms with Crippen LogP contribution in [0.25, 0.3) is 0 Å². The number of likely N-dealkylation sites (tertiary alicyclic amines) is 2. The van der Waals surface area contributed by atoms with E-state index in [0.29, 0.717) is 18.9 Å². The van der Waals surface area contributed by atoms with Crippen molar-refractivity contribution in [1.29, 1.82) is 0 Å². The summed E-state index contributed by atoms with van der Waals surface area (Å²) in [6.45, 7) is 6.84. The number of hydrogen-bond donors (Lipinski definition) is 0. The molecule has 0 aromatic heterocycles. The predicted molar refractivity (Wildman–Crippen MR) is 77.0 cm³/mol. The van der Waals surface area contributed by atoms with E-state index < -0.39 is 0 Å².